The van der Waals surface area contributed by atoms with Crippen LogP contribution in [0.1, 0.15) is 34.5 Å². The lowest BCUT2D eigenvalue weighted by atomic mass is 10.1. The van der Waals surface area contributed by atoms with Crippen LogP contribution in [0.15, 0.2) is 29.3 Å². The number of hydrogen-bond acceptors (Lipinski definition) is 4. The molecule has 26 heavy (non-hydrogen) atoms. The standard InChI is InChI=1S/C18H21ClN2O4S/c1-12-8-14(9-13(2)17(12)19)25-18(22)16-10-15(11-20(16)3)26(23,24)21-6-4-5-7-21/h8-11H,4-7H2,1-3H3. The summed E-state index contributed by atoms with van der Waals surface area (Å²) in [4.78, 5) is 12.6. The van der Waals surface area contributed by atoms with Gasteiger partial charge in [-0.1, -0.05) is 11.6 Å². The first-order chi connectivity index (χ1) is 12.2. The Morgan fingerprint density at radius 2 is 1.69 bits per heavy atom. The van der Waals surface area contributed by atoms with Crippen molar-refractivity contribution in [2.75, 3.05) is 13.1 Å². The summed E-state index contributed by atoms with van der Waals surface area (Å²) in [7, 11) is -1.96. The van der Waals surface area contributed by atoms with Crippen molar-refractivity contribution in [2.45, 2.75) is 31.6 Å². The number of carbonyl (C=O) groups is 1. The number of hydrogen-bond donors (Lipinski definition) is 0. The van der Waals surface area contributed by atoms with Crippen LogP contribution in [0.3, 0.4) is 0 Å². The molecule has 2 heterocycles. The summed E-state index contributed by atoms with van der Waals surface area (Å²) >= 11 is 6.13. The van der Waals surface area contributed by atoms with Gasteiger partial charge in [-0.3, -0.25) is 0 Å². The van der Waals surface area contributed by atoms with E-state index in [1.54, 1.807) is 19.2 Å². The van der Waals surface area contributed by atoms with Crippen LogP contribution in [0.25, 0.3) is 0 Å². The van der Waals surface area contributed by atoms with Gasteiger partial charge < -0.3 is 9.30 Å². The maximum absolute atomic E-state index is 12.7. The van der Waals surface area contributed by atoms with Crippen molar-refractivity contribution in [3.8, 4) is 5.75 Å². The van der Waals surface area contributed by atoms with Crippen LogP contribution in [0.5, 0.6) is 5.75 Å². The quantitative estimate of drug-likeness (QED) is 0.587. The van der Waals surface area contributed by atoms with Crippen LogP contribution in [-0.4, -0.2) is 36.3 Å². The Labute approximate surface area is 158 Å². The van der Waals surface area contributed by atoms with Gasteiger partial charge in [-0.2, -0.15) is 4.31 Å². The minimum absolute atomic E-state index is 0.109. The van der Waals surface area contributed by atoms with Crippen molar-refractivity contribution in [3.05, 3.63) is 46.2 Å². The fourth-order valence-corrected chi connectivity index (χ4v) is 4.78. The van der Waals surface area contributed by atoms with E-state index in [-0.39, 0.29) is 10.6 Å². The molecule has 0 N–H and O–H groups in total. The normalized spacial score (nSPS) is 15.4. The van der Waals surface area contributed by atoms with Crippen molar-refractivity contribution in [1.29, 1.82) is 0 Å². The number of nitrogens with zero attached hydrogens (tertiary/aromatic N) is 2. The van der Waals surface area contributed by atoms with Crippen molar-refractivity contribution >= 4 is 27.6 Å². The first-order valence-electron chi connectivity index (χ1n) is 8.35. The second-order valence-corrected chi connectivity index (χ2v) is 8.86. The zero-order valence-electron chi connectivity index (χ0n) is 15.0. The van der Waals surface area contributed by atoms with E-state index in [4.69, 9.17) is 16.3 Å². The molecular formula is C18H21ClN2O4S. The van der Waals surface area contributed by atoms with E-state index in [2.05, 4.69) is 0 Å². The Morgan fingerprint density at radius 3 is 2.27 bits per heavy atom. The molecule has 2 aromatic rings. The summed E-state index contributed by atoms with van der Waals surface area (Å²) in [5, 5.41) is 0.627. The second-order valence-electron chi connectivity index (χ2n) is 6.54. The highest BCUT2D eigenvalue weighted by molar-refractivity contribution is 7.89. The number of sulfonamides is 1. The molecule has 0 aliphatic carbocycles. The zero-order valence-corrected chi connectivity index (χ0v) is 16.5. The molecule has 0 radical (unpaired) electrons. The maximum atomic E-state index is 12.7. The van der Waals surface area contributed by atoms with E-state index in [1.807, 2.05) is 13.8 Å². The van der Waals surface area contributed by atoms with Crippen molar-refractivity contribution in [2.24, 2.45) is 7.05 Å². The molecule has 1 saturated heterocycles. The molecule has 0 spiro atoms. The number of ether oxygens (including phenoxy) is 1. The lowest BCUT2D eigenvalue weighted by Gasteiger charge is -2.13. The van der Waals surface area contributed by atoms with Gasteiger partial charge in [0.1, 0.15) is 16.3 Å². The average molecular weight is 397 g/mol. The minimum atomic E-state index is -3.58. The van der Waals surface area contributed by atoms with E-state index in [0.29, 0.717) is 23.9 Å². The first kappa shape index (κ1) is 18.9. The molecule has 0 bridgehead atoms. The number of rotatable bonds is 4. The van der Waals surface area contributed by atoms with E-state index < -0.39 is 16.0 Å². The van der Waals surface area contributed by atoms with E-state index >= 15 is 0 Å². The Morgan fingerprint density at radius 1 is 1.12 bits per heavy atom. The first-order valence-corrected chi connectivity index (χ1v) is 10.2. The van der Waals surface area contributed by atoms with Crippen molar-refractivity contribution in [1.82, 2.24) is 8.87 Å². The molecule has 0 saturated carbocycles. The Balaban J connectivity index is 1.86. The van der Waals surface area contributed by atoms with E-state index in [0.717, 1.165) is 24.0 Å². The highest BCUT2D eigenvalue weighted by Gasteiger charge is 2.29. The molecular weight excluding hydrogens is 376 g/mol. The van der Waals surface area contributed by atoms with Gasteiger partial charge in [0.15, 0.2) is 0 Å². The predicted molar refractivity (Wildman–Crippen MR) is 99.3 cm³/mol. The van der Waals surface area contributed by atoms with E-state index in [9.17, 15) is 13.2 Å². The average Bonchev–Trinajstić information content (AvgIpc) is 3.22. The summed E-state index contributed by atoms with van der Waals surface area (Å²) in [5.41, 5.74) is 1.78. The van der Waals surface area contributed by atoms with Crippen LogP contribution in [0, 0.1) is 13.8 Å². The van der Waals surface area contributed by atoms with Gasteiger partial charge in [0.05, 0.1) is 0 Å². The number of aromatic nitrogens is 1. The molecule has 140 valence electrons. The molecule has 1 aromatic heterocycles. The third kappa shape index (κ3) is 3.51. The molecule has 0 amide bonds. The molecule has 6 nitrogen and oxygen atoms in total. The predicted octanol–water partition coefficient (Wildman–Crippen LogP) is 3.30. The largest absolute Gasteiger partial charge is 0.422 e. The fraction of sp³-hybridized carbons (Fsp3) is 0.389. The Hall–Kier alpha value is -1.83. The SMILES string of the molecule is Cc1cc(OC(=O)c2cc(S(=O)(=O)N3CCCC3)cn2C)cc(C)c1Cl. The monoisotopic (exact) mass is 396 g/mol. The minimum Gasteiger partial charge on any atom is -0.422 e. The lowest BCUT2D eigenvalue weighted by Crippen LogP contribution is -2.27. The summed E-state index contributed by atoms with van der Waals surface area (Å²) in [6, 6.07) is 4.72. The van der Waals surface area contributed by atoms with Crippen LogP contribution in [0.2, 0.25) is 5.02 Å². The highest BCUT2D eigenvalue weighted by atomic mass is 35.5. The number of carbonyl (C=O) groups excluding carboxylic acids is 1. The fourth-order valence-electron chi connectivity index (χ4n) is 3.08. The zero-order chi connectivity index (χ0) is 19.1. The van der Waals surface area contributed by atoms with Gasteiger partial charge >= 0.3 is 5.97 Å². The Bertz CT molecular complexity index is 937. The van der Waals surface area contributed by atoms with E-state index in [1.165, 1.54) is 21.1 Å². The highest BCUT2D eigenvalue weighted by Crippen LogP contribution is 2.27. The van der Waals surface area contributed by atoms with Gasteiger partial charge in [-0.05, 0) is 56.0 Å². The number of halogens is 1. The van der Waals surface area contributed by atoms with Gasteiger partial charge in [0.2, 0.25) is 10.0 Å². The molecule has 1 aliphatic heterocycles. The number of aryl methyl sites for hydroxylation is 3. The summed E-state index contributed by atoms with van der Waals surface area (Å²) in [6.45, 7) is 4.69. The summed E-state index contributed by atoms with van der Waals surface area (Å²) in [6.07, 6.45) is 3.16. The molecule has 1 aromatic carbocycles. The van der Waals surface area contributed by atoms with Crippen LogP contribution >= 0.6 is 11.6 Å². The molecule has 8 heteroatoms. The maximum Gasteiger partial charge on any atom is 0.360 e. The van der Waals surface area contributed by atoms with Gasteiger partial charge in [-0.15, -0.1) is 0 Å². The molecule has 3 rings (SSSR count). The molecule has 1 fully saturated rings. The van der Waals surface area contributed by atoms with Crippen molar-refractivity contribution < 1.29 is 17.9 Å². The molecule has 0 atom stereocenters. The summed E-state index contributed by atoms with van der Waals surface area (Å²) in [5.74, 6) is -0.240. The third-order valence-electron chi connectivity index (χ3n) is 4.51. The summed E-state index contributed by atoms with van der Waals surface area (Å²) < 4.78 is 33.7. The Kier molecular flexibility index (Phi) is 5.14. The van der Waals surface area contributed by atoms with Crippen molar-refractivity contribution in [3.63, 3.8) is 0 Å². The topological polar surface area (TPSA) is 68.6 Å². The smallest absolute Gasteiger partial charge is 0.360 e. The van der Waals surface area contributed by atoms with Crippen LogP contribution < -0.4 is 4.74 Å². The van der Waals surface area contributed by atoms with Gasteiger partial charge in [-0.25, -0.2) is 13.2 Å². The number of esters is 1. The van der Waals surface area contributed by atoms with Crippen LogP contribution in [0.4, 0.5) is 0 Å². The number of benzene rings is 1. The second kappa shape index (κ2) is 7.06. The molecule has 0 unspecified atom stereocenters. The van der Waals surface area contributed by atoms with Crippen LogP contribution in [-0.2, 0) is 17.1 Å². The van der Waals surface area contributed by atoms with Gasteiger partial charge in [0, 0.05) is 31.4 Å². The molecule has 1 aliphatic rings. The third-order valence-corrected chi connectivity index (χ3v) is 6.97. The lowest BCUT2D eigenvalue weighted by molar-refractivity contribution is 0.0724. The van der Waals surface area contributed by atoms with Gasteiger partial charge in [0.25, 0.3) is 0 Å².